The molecule has 2 aromatic carbocycles. The predicted octanol–water partition coefficient (Wildman–Crippen LogP) is 3.90. The lowest BCUT2D eigenvalue weighted by Gasteiger charge is -2.45. The summed E-state index contributed by atoms with van der Waals surface area (Å²) in [6, 6.07) is 20.8. The Bertz CT molecular complexity index is 829. The van der Waals surface area contributed by atoms with Gasteiger partial charge in [-0.2, -0.15) is 0 Å². The van der Waals surface area contributed by atoms with Crippen LogP contribution in [0.4, 0.5) is 0 Å². The Morgan fingerprint density at radius 2 is 1.77 bits per heavy atom. The molecule has 3 rings (SSSR count). The number of esters is 1. The molecule has 0 saturated carbocycles. The summed E-state index contributed by atoms with van der Waals surface area (Å²) in [5, 5.41) is 3.53. The van der Waals surface area contributed by atoms with Crippen LogP contribution < -0.4 is 11.1 Å². The quantitative estimate of drug-likeness (QED) is 0.448. The van der Waals surface area contributed by atoms with Crippen LogP contribution in [0, 0.1) is 5.41 Å². The number of likely N-dealkylation sites (tertiary alicyclic amines) is 1. The van der Waals surface area contributed by atoms with Gasteiger partial charge < -0.3 is 15.8 Å². The summed E-state index contributed by atoms with van der Waals surface area (Å²) in [7, 11) is 1.44. The molecule has 0 bridgehead atoms. The highest BCUT2D eigenvalue weighted by Gasteiger charge is 2.60. The number of carbonyl (C=O) groups is 1. The summed E-state index contributed by atoms with van der Waals surface area (Å²) in [6.45, 7) is 6.90. The topological polar surface area (TPSA) is 67.6 Å². The van der Waals surface area contributed by atoms with Crippen LogP contribution in [0.5, 0.6) is 0 Å². The zero-order valence-corrected chi connectivity index (χ0v) is 19.1. The van der Waals surface area contributed by atoms with Crippen molar-refractivity contribution in [2.24, 2.45) is 11.1 Å². The van der Waals surface area contributed by atoms with Gasteiger partial charge in [-0.1, -0.05) is 67.6 Å². The van der Waals surface area contributed by atoms with Crippen molar-refractivity contribution in [2.45, 2.75) is 51.2 Å². The maximum absolute atomic E-state index is 13.0. The first-order chi connectivity index (χ1) is 14.9. The Labute approximate surface area is 187 Å². The van der Waals surface area contributed by atoms with Gasteiger partial charge in [0.05, 0.1) is 7.11 Å². The predicted molar refractivity (Wildman–Crippen MR) is 125 cm³/mol. The van der Waals surface area contributed by atoms with Gasteiger partial charge in [0.25, 0.3) is 0 Å². The first-order valence-electron chi connectivity index (χ1n) is 11.4. The number of hydrogen-bond acceptors (Lipinski definition) is 5. The third-order valence-electron chi connectivity index (χ3n) is 7.04. The minimum Gasteiger partial charge on any atom is -0.467 e. The summed E-state index contributed by atoms with van der Waals surface area (Å²) >= 11 is 0. The van der Waals surface area contributed by atoms with Gasteiger partial charge >= 0.3 is 5.97 Å². The fourth-order valence-electron chi connectivity index (χ4n) is 4.93. The van der Waals surface area contributed by atoms with Crippen molar-refractivity contribution >= 4 is 5.97 Å². The summed E-state index contributed by atoms with van der Waals surface area (Å²) in [5.74, 6) is -0.340. The molecule has 1 heterocycles. The fourth-order valence-corrected chi connectivity index (χ4v) is 4.93. The number of rotatable bonds is 10. The van der Waals surface area contributed by atoms with E-state index < -0.39 is 5.66 Å². The largest absolute Gasteiger partial charge is 0.467 e. The Morgan fingerprint density at radius 1 is 1.13 bits per heavy atom. The monoisotopic (exact) mass is 423 g/mol. The fraction of sp³-hybridized carbons (Fsp3) is 0.500. The van der Waals surface area contributed by atoms with Crippen LogP contribution in [0.1, 0.15) is 50.3 Å². The van der Waals surface area contributed by atoms with Crippen molar-refractivity contribution in [1.29, 1.82) is 0 Å². The number of hydrogen-bond donors (Lipinski definition) is 2. The van der Waals surface area contributed by atoms with E-state index in [1.54, 1.807) is 0 Å². The van der Waals surface area contributed by atoms with E-state index in [2.05, 4.69) is 60.5 Å². The number of methoxy groups -OCH3 is 1. The smallest absolute Gasteiger partial charge is 0.341 e. The van der Waals surface area contributed by atoms with Crippen LogP contribution in [0.2, 0.25) is 0 Å². The molecule has 1 fully saturated rings. The number of benzene rings is 2. The molecule has 3 N–H and O–H groups in total. The van der Waals surface area contributed by atoms with E-state index in [1.165, 1.54) is 12.7 Å². The molecule has 2 aromatic rings. The summed E-state index contributed by atoms with van der Waals surface area (Å²) in [6.07, 6.45) is 3.73. The molecule has 0 aromatic heterocycles. The highest BCUT2D eigenvalue weighted by Crippen LogP contribution is 2.49. The minimum atomic E-state index is -1.14. The zero-order chi connectivity index (χ0) is 22.3. The second kappa shape index (κ2) is 10.4. The van der Waals surface area contributed by atoms with Crippen LogP contribution in [0.3, 0.4) is 0 Å². The SMILES string of the molecule is COC(=O)[C@@]1(N)N(C(C)c2ccccc2)CC[C@]1(C)CCCNCCc1ccccc1. The third kappa shape index (κ3) is 5.00. The number of nitrogens with two attached hydrogens (primary N) is 1. The Kier molecular flexibility index (Phi) is 7.87. The standard InChI is InChI=1S/C26H37N3O2/c1-21(23-13-8-5-9-14-23)29-20-17-25(2,26(29,27)24(30)31-3)16-10-18-28-19-15-22-11-6-4-7-12-22/h4-9,11-14,21,28H,10,15-20,27H2,1-3H3/t21?,25-,26+/m0/s1. The molecular weight excluding hydrogens is 386 g/mol. The van der Waals surface area contributed by atoms with E-state index in [0.29, 0.717) is 0 Å². The zero-order valence-electron chi connectivity index (χ0n) is 19.1. The maximum atomic E-state index is 13.0. The van der Waals surface area contributed by atoms with Crippen LogP contribution >= 0.6 is 0 Å². The van der Waals surface area contributed by atoms with Crippen LogP contribution in [0.25, 0.3) is 0 Å². The lowest BCUT2D eigenvalue weighted by Crippen LogP contribution is -2.66. The van der Waals surface area contributed by atoms with E-state index in [1.807, 2.05) is 24.3 Å². The molecule has 31 heavy (non-hydrogen) atoms. The maximum Gasteiger partial charge on any atom is 0.341 e. The molecule has 5 nitrogen and oxygen atoms in total. The van der Waals surface area contributed by atoms with E-state index in [-0.39, 0.29) is 17.4 Å². The molecule has 1 aliphatic rings. The van der Waals surface area contributed by atoms with E-state index in [4.69, 9.17) is 10.5 Å². The lowest BCUT2D eigenvalue weighted by atomic mass is 9.73. The van der Waals surface area contributed by atoms with Gasteiger partial charge in [-0.25, -0.2) is 4.79 Å². The highest BCUT2D eigenvalue weighted by molar-refractivity contribution is 5.81. The molecule has 0 aliphatic carbocycles. The first-order valence-corrected chi connectivity index (χ1v) is 11.4. The highest BCUT2D eigenvalue weighted by atomic mass is 16.5. The van der Waals surface area contributed by atoms with Crippen molar-refractivity contribution in [3.8, 4) is 0 Å². The van der Waals surface area contributed by atoms with E-state index in [0.717, 1.165) is 50.9 Å². The Morgan fingerprint density at radius 3 is 2.42 bits per heavy atom. The number of nitrogens with one attached hydrogen (secondary N) is 1. The summed E-state index contributed by atoms with van der Waals surface area (Å²) < 4.78 is 5.22. The number of nitrogens with zero attached hydrogens (tertiary/aromatic N) is 1. The van der Waals surface area contributed by atoms with Gasteiger partial charge in [0.1, 0.15) is 0 Å². The van der Waals surface area contributed by atoms with Gasteiger partial charge in [-0.3, -0.25) is 4.90 Å². The normalized spacial score (nSPS) is 24.8. The third-order valence-corrected chi connectivity index (χ3v) is 7.04. The molecule has 0 radical (unpaired) electrons. The second-order valence-electron chi connectivity index (χ2n) is 8.94. The number of ether oxygens (including phenoxy) is 1. The number of carbonyl (C=O) groups excluding carboxylic acids is 1. The van der Waals surface area contributed by atoms with Crippen LogP contribution in [0.15, 0.2) is 60.7 Å². The molecular formula is C26H37N3O2. The average Bonchev–Trinajstić information content (AvgIpc) is 3.08. The molecule has 0 amide bonds. The Balaban J connectivity index is 1.61. The van der Waals surface area contributed by atoms with Gasteiger partial charge in [-0.15, -0.1) is 0 Å². The average molecular weight is 424 g/mol. The van der Waals surface area contributed by atoms with Crippen LogP contribution in [-0.4, -0.2) is 43.3 Å². The summed E-state index contributed by atoms with van der Waals surface area (Å²) in [4.78, 5) is 15.1. The first kappa shape index (κ1) is 23.5. The molecule has 1 saturated heterocycles. The second-order valence-corrected chi connectivity index (χ2v) is 8.94. The molecule has 168 valence electrons. The van der Waals surface area contributed by atoms with Crippen molar-refractivity contribution in [3.63, 3.8) is 0 Å². The van der Waals surface area contributed by atoms with E-state index in [9.17, 15) is 4.79 Å². The molecule has 1 unspecified atom stereocenters. The van der Waals surface area contributed by atoms with Gasteiger partial charge in [0.15, 0.2) is 5.66 Å². The Hall–Kier alpha value is -2.21. The molecule has 3 atom stereocenters. The molecule has 5 heteroatoms. The van der Waals surface area contributed by atoms with Crippen LogP contribution in [-0.2, 0) is 16.0 Å². The lowest BCUT2D eigenvalue weighted by molar-refractivity contribution is -0.162. The van der Waals surface area contributed by atoms with E-state index >= 15 is 0 Å². The van der Waals surface area contributed by atoms with Crippen molar-refractivity contribution < 1.29 is 9.53 Å². The molecule has 1 aliphatic heterocycles. The van der Waals surface area contributed by atoms with Crippen molar-refractivity contribution in [1.82, 2.24) is 10.2 Å². The summed E-state index contributed by atoms with van der Waals surface area (Å²) in [5.41, 5.74) is 7.94. The van der Waals surface area contributed by atoms with Crippen molar-refractivity contribution in [3.05, 3.63) is 71.8 Å². The van der Waals surface area contributed by atoms with Gasteiger partial charge in [0, 0.05) is 18.0 Å². The minimum absolute atomic E-state index is 0.0381. The molecule has 0 spiro atoms. The van der Waals surface area contributed by atoms with Gasteiger partial charge in [-0.05, 0) is 56.8 Å². The van der Waals surface area contributed by atoms with Gasteiger partial charge in [0.2, 0.25) is 0 Å². The van der Waals surface area contributed by atoms with Crippen molar-refractivity contribution in [2.75, 3.05) is 26.7 Å².